The molecule has 1 aliphatic rings. The number of allylic oxidation sites excluding steroid dienone is 10. The van der Waals surface area contributed by atoms with E-state index in [1.165, 1.54) is 69.9 Å². The molecule has 414 valence electrons. The number of aromatic nitrogens is 2. The number of anilines is 1. The van der Waals surface area contributed by atoms with Gasteiger partial charge in [-0.1, -0.05) is 146 Å². The van der Waals surface area contributed by atoms with Crippen molar-refractivity contribution in [3.63, 3.8) is 0 Å². The summed E-state index contributed by atoms with van der Waals surface area (Å²) in [6.07, 6.45) is 35.9. The van der Waals surface area contributed by atoms with E-state index in [1.54, 1.807) is 12.2 Å². The number of nitrogens with zero attached hydrogens (tertiary/aromatic N) is 2. The highest BCUT2D eigenvalue weighted by atomic mass is 31.3. The predicted molar refractivity (Wildman–Crippen MR) is 280 cm³/mol. The van der Waals surface area contributed by atoms with Gasteiger partial charge in [0.2, 0.25) is 0 Å². The Morgan fingerprint density at radius 3 is 1.90 bits per heavy atom. The Balaban J connectivity index is 1.85. The van der Waals surface area contributed by atoms with Crippen LogP contribution in [0.2, 0.25) is 0 Å². The summed E-state index contributed by atoms with van der Waals surface area (Å²) < 4.78 is 56.6. The monoisotopic (exact) mass is 1070 g/mol. The molecule has 0 radical (unpaired) electrons. The van der Waals surface area contributed by atoms with Gasteiger partial charge in [-0.2, -0.15) is 9.29 Å². The van der Waals surface area contributed by atoms with E-state index in [1.807, 2.05) is 12.2 Å². The molecular formula is C52H85N3O16P2. The maximum Gasteiger partial charge on any atom is 0.481 e. The normalized spacial score (nSPS) is 19.4. The molecule has 0 spiro atoms. The fourth-order valence-corrected chi connectivity index (χ4v) is 9.55. The number of nitrogens with two attached hydrogens (primary N) is 1. The number of hydrogen-bond acceptors (Lipinski definition) is 16. The van der Waals surface area contributed by atoms with Gasteiger partial charge < -0.3 is 39.9 Å². The summed E-state index contributed by atoms with van der Waals surface area (Å²) in [5, 5.41) is 20.9. The molecule has 1 aliphatic heterocycles. The number of rotatable bonds is 43. The maximum atomic E-state index is 12.9. The molecule has 2 heterocycles. The van der Waals surface area contributed by atoms with Crippen molar-refractivity contribution < 1.29 is 71.1 Å². The van der Waals surface area contributed by atoms with Crippen LogP contribution in [0.15, 0.2) is 77.8 Å². The number of carbonyl (C=O) groups excluding carboxylic acids is 3. The van der Waals surface area contributed by atoms with Gasteiger partial charge in [-0.15, -0.1) is 0 Å². The second kappa shape index (κ2) is 39.5. The molecule has 0 aliphatic carbocycles. The topological polar surface area (TPSA) is 283 Å². The lowest BCUT2D eigenvalue weighted by molar-refractivity contribution is -0.161. The number of ketones is 1. The number of hydrogen-bond donors (Lipinski definition) is 5. The summed E-state index contributed by atoms with van der Waals surface area (Å²) in [4.78, 5) is 74.3. The van der Waals surface area contributed by atoms with E-state index >= 15 is 0 Å². The lowest BCUT2D eigenvalue weighted by atomic mass is 10.1. The van der Waals surface area contributed by atoms with Crippen LogP contribution in [-0.2, 0) is 51.1 Å². The molecule has 0 bridgehead atoms. The summed E-state index contributed by atoms with van der Waals surface area (Å²) in [7, 11) is -11.0. The fraction of sp³-hybridized carbons (Fsp3) is 0.673. The second-order valence-corrected chi connectivity index (χ2v) is 21.1. The Morgan fingerprint density at radius 2 is 1.25 bits per heavy atom. The molecular weight excluding hydrogens is 985 g/mol. The first-order valence-electron chi connectivity index (χ1n) is 26.3. The number of ether oxygens (including phenoxy) is 3. The van der Waals surface area contributed by atoms with Crippen molar-refractivity contribution in [3.05, 3.63) is 83.5 Å². The van der Waals surface area contributed by atoms with Gasteiger partial charge in [0.15, 0.2) is 18.1 Å². The standard InChI is InChI=1S/C52H85N3O16P2/c1-3-5-7-9-11-13-15-17-18-19-20-22-24-26-28-30-32-36-47(57)66-40-44(69-48(58)37-33-35-43(56)34-31-29-27-25-23-21-16-14-12-10-8-6-4-2)41-67-72(62,63)71-73(64,65)68-42-45-49(59)50(60)51(70-45)55-39-38-46(53)54-52(55)61/h12,14,17-18,21,23,27,29,31,34,38-39,44-45,49-51,59-60H,3-11,13,15-16,19-20,22,24-26,28,30,32-33,35-37,40-42H2,1-2H3,(H,62,63)(H,64,65)(H2,53,54,61)/b14-12-,18-17-,23-21-,29-27-,34-31+/t44-,45-,49-,50-,51-/m1/s1. The predicted octanol–water partition coefficient (Wildman–Crippen LogP) is 10.3. The lowest BCUT2D eigenvalue weighted by Crippen LogP contribution is -2.36. The number of carbonyl (C=O) groups is 3. The van der Waals surface area contributed by atoms with Crippen molar-refractivity contribution in [2.24, 2.45) is 0 Å². The number of aliphatic hydroxyl groups excluding tert-OH is 2. The molecule has 7 atom stereocenters. The minimum Gasteiger partial charge on any atom is -0.462 e. The summed E-state index contributed by atoms with van der Waals surface area (Å²) in [5.74, 6) is -1.80. The Bertz CT molecular complexity index is 2020. The minimum absolute atomic E-state index is 0.0158. The molecule has 2 unspecified atom stereocenters. The smallest absolute Gasteiger partial charge is 0.462 e. The first kappa shape index (κ1) is 65.2. The van der Waals surface area contributed by atoms with Crippen molar-refractivity contribution >= 4 is 39.2 Å². The zero-order valence-electron chi connectivity index (χ0n) is 43.2. The number of esters is 2. The summed E-state index contributed by atoms with van der Waals surface area (Å²) in [6, 6.07) is 1.23. The Kier molecular flexibility index (Phi) is 35.3. The highest BCUT2D eigenvalue weighted by Gasteiger charge is 2.46. The first-order valence-corrected chi connectivity index (χ1v) is 29.2. The van der Waals surface area contributed by atoms with Crippen LogP contribution in [-0.4, -0.2) is 91.5 Å². The highest BCUT2D eigenvalue weighted by Crippen LogP contribution is 2.60. The molecule has 1 aromatic rings. The average molecular weight is 1070 g/mol. The van der Waals surface area contributed by atoms with Gasteiger partial charge in [-0.3, -0.25) is 28.0 Å². The quantitative estimate of drug-likeness (QED) is 0.0101. The molecule has 0 amide bonds. The molecule has 1 fully saturated rings. The van der Waals surface area contributed by atoms with Crippen LogP contribution in [0.5, 0.6) is 0 Å². The number of unbranched alkanes of at least 4 members (excludes halogenated alkanes) is 16. The third kappa shape index (κ3) is 32.2. The van der Waals surface area contributed by atoms with Gasteiger partial charge in [0.05, 0.1) is 13.2 Å². The van der Waals surface area contributed by atoms with Crippen molar-refractivity contribution in [2.75, 3.05) is 25.6 Å². The SMILES string of the molecule is CCCCC/C=C\C/C=C\C/C=C\C=C\C(=O)CCCC(=O)O[C@H](COC(=O)CCCCCCCCC/C=C\CCCCCCCC)COP(=O)(O)OP(=O)(O)OC[C@H]1O[C@@H](n2ccc(N)nc2=O)[C@H](O)[C@@H]1O. The van der Waals surface area contributed by atoms with E-state index in [9.17, 15) is 48.3 Å². The van der Waals surface area contributed by atoms with Gasteiger partial charge in [0.1, 0.15) is 30.7 Å². The van der Waals surface area contributed by atoms with Crippen molar-refractivity contribution in [1.29, 1.82) is 0 Å². The van der Waals surface area contributed by atoms with Crippen LogP contribution < -0.4 is 11.4 Å². The number of aliphatic hydroxyl groups is 2. The van der Waals surface area contributed by atoms with Gasteiger partial charge in [-0.05, 0) is 76.4 Å². The van der Waals surface area contributed by atoms with Gasteiger partial charge in [0, 0.05) is 25.5 Å². The van der Waals surface area contributed by atoms with Gasteiger partial charge >= 0.3 is 33.3 Å². The Hall–Kier alpha value is -3.87. The highest BCUT2D eigenvalue weighted by molar-refractivity contribution is 7.61. The van der Waals surface area contributed by atoms with E-state index in [2.05, 4.69) is 53.5 Å². The van der Waals surface area contributed by atoms with E-state index in [4.69, 9.17) is 29.0 Å². The second-order valence-electron chi connectivity index (χ2n) is 18.1. The van der Waals surface area contributed by atoms with Gasteiger partial charge in [-0.25, -0.2) is 13.9 Å². The van der Waals surface area contributed by atoms with E-state index in [0.717, 1.165) is 75.0 Å². The summed E-state index contributed by atoms with van der Waals surface area (Å²) in [5.41, 5.74) is 4.57. The Labute approximate surface area is 432 Å². The summed E-state index contributed by atoms with van der Waals surface area (Å²) >= 11 is 0. The van der Waals surface area contributed by atoms with Crippen LogP contribution in [0.1, 0.15) is 181 Å². The van der Waals surface area contributed by atoms with Crippen LogP contribution >= 0.6 is 15.6 Å². The number of nitrogen functional groups attached to an aromatic ring is 1. The first-order chi connectivity index (χ1) is 35.1. The zero-order chi connectivity index (χ0) is 53.6. The zero-order valence-corrected chi connectivity index (χ0v) is 45.0. The molecule has 21 heteroatoms. The van der Waals surface area contributed by atoms with Gasteiger partial charge in [0.25, 0.3) is 0 Å². The maximum absolute atomic E-state index is 12.9. The fourth-order valence-electron chi connectivity index (χ4n) is 7.44. The summed E-state index contributed by atoms with van der Waals surface area (Å²) in [6.45, 7) is 1.89. The molecule has 73 heavy (non-hydrogen) atoms. The van der Waals surface area contributed by atoms with Crippen LogP contribution in [0.25, 0.3) is 0 Å². The van der Waals surface area contributed by atoms with E-state index in [-0.39, 0.29) is 37.3 Å². The average Bonchev–Trinajstić information content (AvgIpc) is 3.62. The van der Waals surface area contributed by atoms with Crippen LogP contribution in [0, 0.1) is 0 Å². The van der Waals surface area contributed by atoms with Crippen LogP contribution in [0.3, 0.4) is 0 Å². The molecule has 0 saturated carbocycles. The third-order valence-electron chi connectivity index (χ3n) is 11.6. The molecule has 0 aromatic carbocycles. The molecule has 1 saturated heterocycles. The van der Waals surface area contributed by atoms with Crippen molar-refractivity contribution in [2.45, 2.75) is 205 Å². The number of phosphoric acid groups is 2. The molecule has 2 rings (SSSR count). The lowest BCUT2D eigenvalue weighted by Gasteiger charge is -2.21. The third-order valence-corrected chi connectivity index (χ3v) is 14.2. The Morgan fingerprint density at radius 1 is 0.699 bits per heavy atom. The molecule has 1 aromatic heterocycles. The largest absolute Gasteiger partial charge is 0.481 e. The number of phosphoric ester groups is 2. The minimum atomic E-state index is -5.49. The van der Waals surface area contributed by atoms with Crippen molar-refractivity contribution in [1.82, 2.24) is 9.55 Å². The van der Waals surface area contributed by atoms with E-state index in [0.29, 0.717) is 12.8 Å². The van der Waals surface area contributed by atoms with Crippen molar-refractivity contribution in [3.8, 4) is 0 Å². The molecule has 19 nitrogen and oxygen atoms in total. The van der Waals surface area contributed by atoms with E-state index < -0.39 is 83.7 Å². The molecule has 6 N–H and O–H groups in total. The van der Waals surface area contributed by atoms with Crippen LogP contribution in [0.4, 0.5) is 5.82 Å².